The Hall–Kier alpha value is -1.42. The van der Waals surface area contributed by atoms with E-state index in [-0.39, 0.29) is 12.1 Å². The lowest BCUT2D eigenvalue weighted by molar-refractivity contribution is 0.0134. The molecule has 6 heteroatoms. The SMILES string of the molecule is CC(C)(C)OC(=O)N1C[C@H]2CC[C@@H](C1)[C@@H]2N=[N+]=[N-]. The highest BCUT2D eigenvalue weighted by molar-refractivity contribution is 5.68. The standard InChI is InChI=1S/C12H20N4O2/c1-12(2,3)18-11(17)16-6-8-4-5-9(7-16)10(8)14-15-13/h8-10H,4-7H2,1-3H3/t8-,9+,10-. The van der Waals surface area contributed by atoms with Crippen molar-refractivity contribution in [1.82, 2.24) is 4.90 Å². The monoisotopic (exact) mass is 252 g/mol. The van der Waals surface area contributed by atoms with E-state index < -0.39 is 5.60 Å². The van der Waals surface area contributed by atoms with Crippen molar-refractivity contribution in [1.29, 1.82) is 0 Å². The fraction of sp³-hybridized carbons (Fsp3) is 0.917. The molecule has 0 spiro atoms. The average molecular weight is 252 g/mol. The van der Waals surface area contributed by atoms with Crippen LogP contribution in [0.3, 0.4) is 0 Å². The van der Waals surface area contributed by atoms with Gasteiger partial charge in [0.1, 0.15) is 5.60 Å². The van der Waals surface area contributed by atoms with Gasteiger partial charge in [0, 0.05) is 24.0 Å². The van der Waals surface area contributed by atoms with Gasteiger partial charge < -0.3 is 9.64 Å². The minimum absolute atomic E-state index is 0.0636. The molecule has 1 aliphatic heterocycles. The van der Waals surface area contributed by atoms with E-state index in [0.717, 1.165) is 12.8 Å². The van der Waals surface area contributed by atoms with Gasteiger partial charge in [-0.25, -0.2) is 4.79 Å². The molecule has 2 bridgehead atoms. The summed E-state index contributed by atoms with van der Waals surface area (Å²) in [5.41, 5.74) is 8.10. The lowest BCUT2D eigenvalue weighted by atomic mass is 9.93. The van der Waals surface area contributed by atoms with E-state index in [1.165, 1.54) is 0 Å². The Morgan fingerprint density at radius 3 is 2.33 bits per heavy atom. The molecular weight excluding hydrogens is 232 g/mol. The van der Waals surface area contributed by atoms with Gasteiger partial charge in [0.2, 0.25) is 0 Å². The number of carbonyl (C=O) groups is 1. The van der Waals surface area contributed by atoms with Crippen LogP contribution in [0.1, 0.15) is 33.6 Å². The molecular formula is C12H20N4O2. The van der Waals surface area contributed by atoms with Crippen molar-refractivity contribution >= 4 is 6.09 Å². The van der Waals surface area contributed by atoms with Gasteiger partial charge in [0.15, 0.2) is 0 Å². The smallest absolute Gasteiger partial charge is 0.410 e. The van der Waals surface area contributed by atoms with Gasteiger partial charge in [-0.2, -0.15) is 0 Å². The molecule has 100 valence electrons. The summed E-state index contributed by atoms with van der Waals surface area (Å²) in [5, 5.41) is 3.88. The first kappa shape index (κ1) is 13.0. The van der Waals surface area contributed by atoms with Crippen molar-refractivity contribution in [2.75, 3.05) is 13.1 Å². The third-order valence-corrected chi connectivity index (χ3v) is 3.62. The molecule has 0 aromatic carbocycles. The first-order chi connectivity index (χ1) is 8.40. The van der Waals surface area contributed by atoms with Crippen LogP contribution < -0.4 is 0 Å². The Morgan fingerprint density at radius 2 is 1.89 bits per heavy atom. The van der Waals surface area contributed by atoms with Crippen molar-refractivity contribution in [3.05, 3.63) is 10.4 Å². The third kappa shape index (κ3) is 2.70. The van der Waals surface area contributed by atoms with E-state index in [4.69, 9.17) is 10.3 Å². The Bertz CT molecular complexity index is 370. The van der Waals surface area contributed by atoms with Crippen LogP contribution in [0.4, 0.5) is 4.79 Å². The summed E-state index contributed by atoms with van der Waals surface area (Å²) in [6.45, 7) is 6.90. The minimum atomic E-state index is -0.461. The van der Waals surface area contributed by atoms with E-state index >= 15 is 0 Å². The van der Waals surface area contributed by atoms with Crippen molar-refractivity contribution < 1.29 is 9.53 Å². The molecule has 3 atom stereocenters. The second-order valence-electron chi connectivity index (χ2n) is 6.18. The highest BCUT2D eigenvalue weighted by atomic mass is 16.6. The largest absolute Gasteiger partial charge is 0.444 e. The van der Waals surface area contributed by atoms with Gasteiger partial charge in [-0.15, -0.1) is 0 Å². The van der Waals surface area contributed by atoms with Crippen LogP contribution in [0.2, 0.25) is 0 Å². The summed E-state index contributed by atoms with van der Waals surface area (Å²) < 4.78 is 5.38. The molecule has 0 unspecified atom stereocenters. The molecule has 1 heterocycles. The van der Waals surface area contributed by atoms with Crippen molar-refractivity contribution in [3.63, 3.8) is 0 Å². The third-order valence-electron chi connectivity index (χ3n) is 3.62. The zero-order chi connectivity index (χ0) is 13.3. The number of amides is 1. The van der Waals surface area contributed by atoms with Crippen molar-refractivity contribution in [2.45, 2.75) is 45.3 Å². The summed E-state index contributed by atoms with van der Waals surface area (Å²) in [4.78, 5) is 16.7. The van der Waals surface area contributed by atoms with Crippen LogP contribution in [0.5, 0.6) is 0 Å². The van der Waals surface area contributed by atoms with E-state index in [0.29, 0.717) is 24.9 Å². The molecule has 0 aromatic rings. The Kier molecular flexibility index (Phi) is 3.39. The Morgan fingerprint density at radius 1 is 1.33 bits per heavy atom. The van der Waals surface area contributed by atoms with Crippen LogP contribution in [0, 0.1) is 11.8 Å². The summed E-state index contributed by atoms with van der Waals surface area (Å²) in [5.74, 6) is 0.597. The van der Waals surface area contributed by atoms with Crippen LogP contribution in [0.25, 0.3) is 10.4 Å². The maximum Gasteiger partial charge on any atom is 0.410 e. The molecule has 0 radical (unpaired) electrons. The topological polar surface area (TPSA) is 78.3 Å². The number of carbonyl (C=O) groups excluding carboxylic acids is 1. The second kappa shape index (κ2) is 4.69. The lowest BCUT2D eigenvalue weighted by Gasteiger charge is -2.36. The second-order valence-corrected chi connectivity index (χ2v) is 6.18. The van der Waals surface area contributed by atoms with Gasteiger partial charge >= 0.3 is 6.09 Å². The molecule has 1 aliphatic carbocycles. The van der Waals surface area contributed by atoms with Gasteiger partial charge in [0.25, 0.3) is 0 Å². The lowest BCUT2D eigenvalue weighted by Crippen LogP contribution is -2.48. The minimum Gasteiger partial charge on any atom is -0.444 e. The quantitative estimate of drug-likeness (QED) is 0.408. The summed E-state index contributed by atoms with van der Waals surface area (Å²) in [7, 11) is 0. The van der Waals surface area contributed by atoms with Crippen LogP contribution in [0.15, 0.2) is 5.11 Å². The molecule has 1 amide bonds. The normalized spacial score (nSPS) is 30.8. The predicted octanol–water partition coefficient (Wildman–Crippen LogP) is 2.94. The van der Waals surface area contributed by atoms with Gasteiger partial charge in [-0.05, 0) is 51.0 Å². The summed E-state index contributed by atoms with van der Waals surface area (Å²) >= 11 is 0. The molecule has 0 N–H and O–H groups in total. The molecule has 1 saturated heterocycles. The number of rotatable bonds is 1. The number of hydrogen-bond donors (Lipinski definition) is 0. The molecule has 2 fully saturated rings. The van der Waals surface area contributed by atoms with E-state index in [1.54, 1.807) is 4.90 Å². The number of piperidine rings is 1. The number of azide groups is 1. The molecule has 2 rings (SSSR count). The van der Waals surface area contributed by atoms with Crippen LogP contribution in [-0.4, -0.2) is 35.7 Å². The van der Waals surface area contributed by atoms with E-state index in [1.807, 2.05) is 20.8 Å². The highest BCUT2D eigenvalue weighted by Gasteiger charge is 2.43. The number of nitrogens with zero attached hydrogens (tertiary/aromatic N) is 4. The first-order valence-electron chi connectivity index (χ1n) is 6.43. The molecule has 6 nitrogen and oxygen atoms in total. The maximum atomic E-state index is 12.0. The van der Waals surface area contributed by atoms with E-state index in [9.17, 15) is 4.79 Å². The summed E-state index contributed by atoms with van der Waals surface area (Å²) in [6.07, 6.45) is 1.82. The average Bonchev–Trinajstić information content (AvgIpc) is 2.49. The maximum absolute atomic E-state index is 12.0. The van der Waals surface area contributed by atoms with Crippen molar-refractivity contribution in [2.24, 2.45) is 17.0 Å². The Labute approximate surface area is 107 Å². The van der Waals surface area contributed by atoms with Crippen LogP contribution in [-0.2, 0) is 4.74 Å². The van der Waals surface area contributed by atoms with Crippen LogP contribution >= 0.6 is 0 Å². The number of ether oxygens (including phenoxy) is 1. The summed E-state index contributed by atoms with van der Waals surface area (Å²) in [6, 6.07) is 0.0636. The number of hydrogen-bond acceptors (Lipinski definition) is 3. The molecule has 1 saturated carbocycles. The number of likely N-dealkylation sites (tertiary alicyclic amines) is 1. The molecule has 0 aromatic heterocycles. The zero-order valence-electron chi connectivity index (χ0n) is 11.2. The molecule has 18 heavy (non-hydrogen) atoms. The van der Waals surface area contributed by atoms with Gasteiger partial charge in [-0.1, -0.05) is 5.11 Å². The highest BCUT2D eigenvalue weighted by Crippen LogP contribution is 2.39. The fourth-order valence-electron chi connectivity index (χ4n) is 2.92. The van der Waals surface area contributed by atoms with Crippen molar-refractivity contribution in [3.8, 4) is 0 Å². The number of fused-ring (bicyclic) bond motifs is 2. The Balaban J connectivity index is 2.00. The zero-order valence-corrected chi connectivity index (χ0v) is 11.2. The first-order valence-corrected chi connectivity index (χ1v) is 6.43. The van der Waals surface area contributed by atoms with Gasteiger partial charge in [-0.3, -0.25) is 0 Å². The van der Waals surface area contributed by atoms with E-state index in [2.05, 4.69) is 10.0 Å². The van der Waals surface area contributed by atoms with Gasteiger partial charge in [0.05, 0.1) is 0 Å². The predicted molar refractivity (Wildman–Crippen MR) is 67.0 cm³/mol. The molecule has 2 aliphatic rings. The fourth-order valence-corrected chi connectivity index (χ4v) is 2.92.